The van der Waals surface area contributed by atoms with Crippen molar-refractivity contribution in [2.24, 2.45) is 0 Å². The maximum atomic E-state index is 6.09. The van der Waals surface area contributed by atoms with Crippen LogP contribution in [-0.4, -0.2) is 7.05 Å². The summed E-state index contributed by atoms with van der Waals surface area (Å²) in [6.07, 6.45) is 0. The van der Waals surface area contributed by atoms with Crippen LogP contribution in [0.15, 0.2) is 60.7 Å². The highest BCUT2D eigenvalue weighted by Gasteiger charge is 2.16. The van der Waals surface area contributed by atoms with Crippen LogP contribution in [0.1, 0.15) is 22.7 Å². The Labute approximate surface area is 130 Å². The molecule has 0 amide bonds. The first kappa shape index (κ1) is 14.1. The Morgan fingerprint density at radius 2 is 1.67 bits per heavy atom. The second-order valence-corrected chi connectivity index (χ2v) is 5.73. The van der Waals surface area contributed by atoms with E-state index in [0.29, 0.717) is 0 Å². The minimum absolute atomic E-state index is 0.161. The van der Waals surface area contributed by atoms with Crippen LogP contribution in [0.4, 0.5) is 0 Å². The van der Waals surface area contributed by atoms with Crippen LogP contribution in [0.3, 0.4) is 0 Å². The maximum Gasteiger partial charge on any atom is 0.0583 e. The average molecular weight is 296 g/mol. The summed E-state index contributed by atoms with van der Waals surface area (Å²) in [4.78, 5) is 0. The molecule has 0 aliphatic heterocycles. The molecular weight excluding hydrogens is 278 g/mol. The zero-order valence-electron chi connectivity index (χ0n) is 12.2. The summed E-state index contributed by atoms with van der Waals surface area (Å²) in [5.41, 5.74) is 3.76. The molecule has 0 fully saturated rings. The second kappa shape index (κ2) is 5.88. The van der Waals surface area contributed by atoms with E-state index in [0.717, 1.165) is 5.02 Å². The van der Waals surface area contributed by atoms with E-state index in [1.165, 1.54) is 27.5 Å². The first-order valence-corrected chi connectivity index (χ1v) is 7.49. The normalized spacial score (nSPS) is 12.5. The van der Waals surface area contributed by atoms with Gasteiger partial charge in [-0.1, -0.05) is 60.1 Å². The fourth-order valence-electron chi connectivity index (χ4n) is 2.94. The van der Waals surface area contributed by atoms with Crippen LogP contribution in [0.5, 0.6) is 0 Å². The Morgan fingerprint density at radius 3 is 2.43 bits per heavy atom. The molecule has 0 bridgehead atoms. The molecule has 0 heterocycles. The number of rotatable bonds is 3. The highest BCUT2D eigenvalue weighted by Crippen LogP contribution is 2.31. The molecule has 0 spiro atoms. The van der Waals surface area contributed by atoms with Gasteiger partial charge < -0.3 is 5.32 Å². The molecule has 3 aromatic rings. The van der Waals surface area contributed by atoms with Crippen molar-refractivity contribution < 1.29 is 0 Å². The Morgan fingerprint density at radius 1 is 0.905 bits per heavy atom. The second-order valence-electron chi connectivity index (χ2n) is 5.29. The third-order valence-corrected chi connectivity index (χ3v) is 4.20. The predicted molar refractivity (Wildman–Crippen MR) is 91.0 cm³/mol. The van der Waals surface area contributed by atoms with E-state index >= 15 is 0 Å². The Balaban J connectivity index is 2.18. The summed E-state index contributed by atoms with van der Waals surface area (Å²) in [7, 11) is 2.00. The molecule has 3 aromatic carbocycles. The SMILES string of the molecule is CNC(c1ccc(Cl)cc1C)c1cccc2ccccc12. The van der Waals surface area contributed by atoms with Gasteiger partial charge in [-0.25, -0.2) is 0 Å². The lowest BCUT2D eigenvalue weighted by molar-refractivity contribution is 0.692. The zero-order chi connectivity index (χ0) is 14.8. The third-order valence-electron chi connectivity index (χ3n) is 3.97. The standard InChI is InChI=1S/C19H18ClN/c1-13-12-15(20)10-11-16(13)19(21-2)18-9-5-7-14-6-3-4-8-17(14)18/h3-12,19,21H,1-2H3. The van der Waals surface area contributed by atoms with E-state index in [1.54, 1.807) is 0 Å². The van der Waals surface area contributed by atoms with Gasteiger partial charge in [0.25, 0.3) is 0 Å². The largest absolute Gasteiger partial charge is 0.309 e. The van der Waals surface area contributed by atoms with Crippen LogP contribution in [0, 0.1) is 6.92 Å². The Bertz CT molecular complexity index is 774. The summed E-state index contributed by atoms with van der Waals surface area (Å²) in [6, 6.07) is 21.2. The summed E-state index contributed by atoms with van der Waals surface area (Å²) >= 11 is 6.09. The van der Waals surface area contributed by atoms with Gasteiger partial charge in [-0.2, -0.15) is 0 Å². The third kappa shape index (κ3) is 2.67. The summed E-state index contributed by atoms with van der Waals surface area (Å²) in [6.45, 7) is 2.11. The van der Waals surface area contributed by atoms with Crippen molar-refractivity contribution >= 4 is 22.4 Å². The molecule has 1 unspecified atom stereocenters. The van der Waals surface area contributed by atoms with Crippen LogP contribution in [-0.2, 0) is 0 Å². The highest BCUT2D eigenvalue weighted by atomic mass is 35.5. The van der Waals surface area contributed by atoms with Gasteiger partial charge in [0.15, 0.2) is 0 Å². The molecule has 21 heavy (non-hydrogen) atoms. The number of benzene rings is 3. The van der Waals surface area contributed by atoms with E-state index in [-0.39, 0.29) is 6.04 Å². The van der Waals surface area contributed by atoms with Gasteiger partial charge in [0.05, 0.1) is 6.04 Å². The number of nitrogens with one attached hydrogen (secondary N) is 1. The molecule has 0 saturated heterocycles. The number of halogens is 1. The first-order chi connectivity index (χ1) is 10.2. The number of hydrogen-bond donors (Lipinski definition) is 1. The van der Waals surface area contributed by atoms with Crippen LogP contribution in [0.2, 0.25) is 5.02 Å². The number of hydrogen-bond acceptors (Lipinski definition) is 1. The monoisotopic (exact) mass is 295 g/mol. The van der Waals surface area contributed by atoms with Crippen molar-refractivity contribution in [3.8, 4) is 0 Å². The van der Waals surface area contributed by atoms with E-state index in [2.05, 4.69) is 60.8 Å². The van der Waals surface area contributed by atoms with Gasteiger partial charge in [-0.3, -0.25) is 0 Å². The topological polar surface area (TPSA) is 12.0 Å². The van der Waals surface area contributed by atoms with Gasteiger partial charge in [-0.05, 0) is 53.6 Å². The molecule has 0 aliphatic rings. The quantitative estimate of drug-likeness (QED) is 0.708. The van der Waals surface area contributed by atoms with E-state index in [4.69, 9.17) is 11.6 Å². The average Bonchev–Trinajstić information content (AvgIpc) is 2.50. The van der Waals surface area contributed by atoms with Crippen molar-refractivity contribution in [2.45, 2.75) is 13.0 Å². The lowest BCUT2D eigenvalue weighted by Gasteiger charge is -2.21. The van der Waals surface area contributed by atoms with Crippen molar-refractivity contribution in [1.82, 2.24) is 5.32 Å². The van der Waals surface area contributed by atoms with Crippen molar-refractivity contribution in [3.05, 3.63) is 82.4 Å². The Kier molecular flexibility index (Phi) is 3.96. The lowest BCUT2D eigenvalue weighted by atomic mass is 9.91. The summed E-state index contributed by atoms with van der Waals surface area (Å²) < 4.78 is 0. The zero-order valence-corrected chi connectivity index (χ0v) is 13.0. The van der Waals surface area contributed by atoms with Gasteiger partial charge in [0.2, 0.25) is 0 Å². The van der Waals surface area contributed by atoms with E-state index in [9.17, 15) is 0 Å². The van der Waals surface area contributed by atoms with Crippen molar-refractivity contribution in [1.29, 1.82) is 0 Å². The lowest BCUT2D eigenvalue weighted by Crippen LogP contribution is -2.19. The molecule has 1 nitrogen and oxygen atoms in total. The molecule has 1 atom stereocenters. The Hall–Kier alpha value is -1.83. The molecule has 3 rings (SSSR count). The van der Waals surface area contributed by atoms with Gasteiger partial charge in [-0.15, -0.1) is 0 Å². The predicted octanol–water partition coefficient (Wildman–Crippen LogP) is 5.11. The van der Waals surface area contributed by atoms with Gasteiger partial charge in [0.1, 0.15) is 0 Å². The van der Waals surface area contributed by atoms with E-state index < -0.39 is 0 Å². The minimum Gasteiger partial charge on any atom is -0.309 e. The first-order valence-electron chi connectivity index (χ1n) is 7.11. The number of aryl methyl sites for hydroxylation is 1. The highest BCUT2D eigenvalue weighted by molar-refractivity contribution is 6.30. The fraction of sp³-hybridized carbons (Fsp3) is 0.158. The molecule has 0 aromatic heterocycles. The minimum atomic E-state index is 0.161. The molecule has 106 valence electrons. The fourth-order valence-corrected chi connectivity index (χ4v) is 3.17. The molecule has 1 N–H and O–H groups in total. The summed E-state index contributed by atoms with van der Waals surface area (Å²) in [5, 5.41) is 6.78. The van der Waals surface area contributed by atoms with Crippen molar-refractivity contribution in [3.63, 3.8) is 0 Å². The molecule has 0 aliphatic carbocycles. The van der Waals surface area contributed by atoms with E-state index in [1.807, 2.05) is 19.2 Å². The van der Waals surface area contributed by atoms with Crippen LogP contribution < -0.4 is 5.32 Å². The van der Waals surface area contributed by atoms with Gasteiger partial charge >= 0.3 is 0 Å². The molecule has 0 saturated carbocycles. The number of fused-ring (bicyclic) bond motifs is 1. The summed E-state index contributed by atoms with van der Waals surface area (Å²) in [5.74, 6) is 0. The van der Waals surface area contributed by atoms with Crippen molar-refractivity contribution in [2.75, 3.05) is 7.05 Å². The molecule has 0 radical (unpaired) electrons. The maximum absolute atomic E-state index is 6.09. The van der Waals surface area contributed by atoms with Crippen LogP contribution in [0.25, 0.3) is 10.8 Å². The van der Waals surface area contributed by atoms with Crippen LogP contribution >= 0.6 is 11.6 Å². The molecule has 2 heteroatoms. The smallest absolute Gasteiger partial charge is 0.0583 e. The molecular formula is C19H18ClN. The van der Waals surface area contributed by atoms with Gasteiger partial charge in [0, 0.05) is 5.02 Å².